The number of benzene rings is 1. The van der Waals surface area contributed by atoms with Crippen LogP contribution in [-0.2, 0) is 0 Å². The first kappa shape index (κ1) is 10.2. The largest absolute Gasteiger partial charge is 0.480 e. The number of carbonyl (C=O) groups is 1. The molecule has 0 fully saturated rings. The summed E-state index contributed by atoms with van der Waals surface area (Å²) in [6.45, 7) is 0. The summed E-state index contributed by atoms with van der Waals surface area (Å²) in [5.74, 6) is 0.758. The van der Waals surface area contributed by atoms with E-state index in [1.165, 1.54) is 7.11 Å². The highest BCUT2D eigenvalue weighted by molar-refractivity contribution is 5.76. The van der Waals surface area contributed by atoms with E-state index in [2.05, 4.69) is 4.98 Å². The number of carbonyl (C=O) groups excluding carboxylic acids is 1. The van der Waals surface area contributed by atoms with Gasteiger partial charge in [-0.25, -0.2) is 0 Å². The molecule has 82 valence electrons. The van der Waals surface area contributed by atoms with Crippen LogP contribution in [0.25, 0.3) is 5.69 Å². The summed E-state index contributed by atoms with van der Waals surface area (Å²) < 4.78 is 6.63. The molecule has 0 unspecified atom stereocenters. The molecule has 1 aromatic heterocycles. The number of nitrogen functional groups attached to an aromatic ring is 1. The minimum Gasteiger partial charge on any atom is -0.480 e. The number of imidazole rings is 1. The average Bonchev–Trinajstić information content (AvgIpc) is 2.71. The van der Waals surface area contributed by atoms with Crippen LogP contribution >= 0.6 is 0 Å². The van der Waals surface area contributed by atoms with Gasteiger partial charge in [-0.2, -0.15) is 4.98 Å². The molecule has 1 heterocycles. The molecule has 0 aliphatic rings. The molecule has 0 aliphatic carbocycles. The maximum atomic E-state index is 10.7. The SMILES string of the molecule is COc1cn(-c2cccc(C=O)c2)c(N)n1. The van der Waals surface area contributed by atoms with Gasteiger partial charge in [-0.15, -0.1) is 0 Å². The molecule has 5 heteroatoms. The molecule has 0 atom stereocenters. The van der Waals surface area contributed by atoms with Crippen LogP contribution < -0.4 is 10.5 Å². The molecule has 0 spiro atoms. The number of hydrogen-bond acceptors (Lipinski definition) is 4. The highest BCUT2D eigenvalue weighted by atomic mass is 16.5. The van der Waals surface area contributed by atoms with Crippen molar-refractivity contribution in [2.24, 2.45) is 0 Å². The van der Waals surface area contributed by atoms with Gasteiger partial charge in [0.25, 0.3) is 0 Å². The Morgan fingerprint density at radius 3 is 2.94 bits per heavy atom. The first-order chi connectivity index (χ1) is 7.74. The monoisotopic (exact) mass is 217 g/mol. The molecule has 2 aromatic rings. The zero-order chi connectivity index (χ0) is 11.5. The standard InChI is InChI=1S/C11H11N3O2/c1-16-10-6-14(11(12)13-10)9-4-2-3-8(5-9)7-15/h2-7H,1H3,(H2,12,13). The van der Waals surface area contributed by atoms with E-state index in [0.717, 1.165) is 12.0 Å². The van der Waals surface area contributed by atoms with Crippen molar-refractivity contribution in [3.05, 3.63) is 36.0 Å². The van der Waals surface area contributed by atoms with Gasteiger partial charge in [-0.05, 0) is 12.1 Å². The Morgan fingerprint density at radius 1 is 1.50 bits per heavy atom. The maximum absolute atomic E-state index is 10.7. The maximum Gasteiger partial charge on any atom is 0.233 e. The summed E-state index contributed by atoms with van der Waals surface area (Å²) in [4.78, 5) is 14.6. The highest BCUT2D eigenvalue weighted by Gasteiger charge is 2.06. The molecule has 2 N–H and O–H groups in total. The van der Waals surface area contributed by atoms with Crippen LogP contribution in [0, 0.1) is 0 Å². The van der Waals surface area contributed by atoms with Crippen molar-refractivity contribution in [1.29, 1.82) is 0 Å². The van der Waals surface area contributed by atoms with Crippen LogP contribution in [0.5, 0.6) is 5.88 Å². The summed E-state index contributed by atoms with van der Waals surface area (Å²) in [5.41, 5.74) is 7.09. The number of rotatable bonds is 3. The lowest BCUT2D eigenvalue weighted by molar-refractivity contribution is 0.112. The summed E-state index contributed by atoms with van der Waals surface area (Å²) in [6.07, 6.45) is 2.45. The minimum absolute atomic E-state index is 0.319. The van der Waals surface area contributed by atoms with Gasteiger partial charge in [0.05, 0.1) is 13.3 Å². The second kappa shape index (κ2) is 4.06. The number of aromatic nitrogens is 2. The first-order valence-electron chi connectivity index (χ1n) is 4.69. The lowest BCUT2D eigenvalue weighted by atomic mass is 10.2. The Morgan fingerprint density at radius 2 is 2.31 bits per heavy atom. The fourth-order valence-electron chi connectivity index (χ4n) is 1.43. The van der Waals surface area contributed by atoms with Crippen LogP contribution in [0.1, 0.15) is 10.4 Å². The van der Waals surface area contributed by atoms with Gasteiger partial charge in [-0.3, -0.25) is 9.36 Å². The normalized spacial score (nSPS) is 10.1. The van der Waals surface area contributed by atoms with E-state index < -0.39 is 0 Å². The zero-order valence-corrected chi connectivity index (χ0v) is 8.75. The van der Waals surface area contributed by atoms with E-state index in [9.17, 15) is 4.79 Å². The van der Waals surface area contributed by atoms with Gasteiger partial charge in [0, 0.05) is 11.3 Å². The Balaban J connectivity index is 2.48. The molecule has 16 heavy (non-hydrogen) atoms. The number of methoxy groups -OCH3 is 1. The molecule has 0 amide bonds. The second-order valence-corrected chi connectivity index (χ2v) is 3.22. The lowest BCUT2D eigenvalue weighted by Crippen LogP contribution is -1.99. The van der Waals surface area contributed by atoms with Crippen molar-refractivity contribution in [3.63, 3.8) is 0 Å². The first-order valence-corrected chi connectivity index (χ1v) is 4.69. The van der Waals surface area contributed by atoms with Crippen molar-refractivity contribution in [2.75, 3.05) is 12.8 Å². The third-order valence-electron chi connectivity index (χ3n) is 2.20. The summed E-state index contributed by atoms with van der Waals surface area (Å²) >= 11 is 0. The van der Waals surface area contributed by atoms with Crippen molar-refractivity contribution in [2.45, 2.75) is 0 Å². The van der Waals surface area contributed by atoms with E-state index in [-0.39, 0.29) is 0 Å². The molecule has 1 aromatic carbocycles. The van der Waals surface area contributed by atoms with E-state index in [1.807, 2.05) is 6.07 Å². The van der Waals surface area contributed by atoms with E-state index in [0.29, 0.717) is 17.4 Å². The summed E-state index contributed by atoms with van der Waals surface area (Å²) in [7, 11) is 1.52. The molecule has 0 radical (unpaired) electrons. The molecule has 0 saturated carbocycles. The number of aldehydes is 1. The molecule has 2 rings (SSSR count). The number of anilines is 1. The van der Waals surface area contributed by atoms with E-state index in [4.69, 9.17) is 10.5 Å². The highest BCUT2D eigenvalue weighted by Crippen LogP contribution is 2.18. The second-order valence-electron chi connectivity index (χ2n) is 3.22. The Hall–Kier alpha value is -2.30. The van der Waals surface area contributed by atoms with Crippen molar-refractivity contribution in [1.82, 2.24) is 9.55 Å². The predicted octanol–water partition coefficient (Wildman–Crippen LogP) is 1.28. The number of ether oxygens (including phenoxy) is 1. The van der Waals surface area contributed by atoms with Crippen LogP contribution in [0.15, 0.2) is 30.5 Å². The van der Waals surface area contributed by atoms with Gasteiger partial charge in [0.2, 0.25) is 11.8 Å². The number of nitrogens with zero attached hydrogens (tertiary/aromatic N) is 2. The third kappa shape index (κ3) is 1.75. The fraction of sp³-hybridized carbons (Fsp3) is 0.0909. The van der Waals surface area contributed by atoms with Gasteiger partial charge in [0.15, 0.2) is 0 Å². The Labute approximate surface area is 92.5 Å². The Bertz CT molecular complexity index is 520. The summed E-state index contributed by atoms with van der Waals surface area (Å²) in [5, 5.41) is 0. The Kier molecular flexibility index (Phi) is 2.59. The molecule has 5 nitrogen and oxygen atoms in total. The third-order valence-corrected chi connectivity index (χ3v) is 2.20. The van der Waals surface area contributed by atoms with Crippen LogP contribution in [0.4, 0.5) is 5.95 Å². The van der Waals surface area contributed by atoms with Gasteiger partial charge in [-0.1, -0.05) is 12.1 Å². The predicted molar refractivity (Wildman–Crippen MR) is 59.9 cm³/mol. The van der Waals surface area contributed by atoms with Gasteiger partial charge >= 0.3 is 0 Å². The average molecular weight is 217 g/mol. The van der Waals surface area contributed by atoms with E-state index in [1.54, 1.807) is 29.0 Å². The topological polar surface area (TPSA) is 70.1 Å². The minimum atomic E-state index is 0.319. The van der Waals surface area contributed by atoms with Gasteiger partial charge in [0.1, 0.15) is 6.29 Å². The molecule has 0 aliphatic heterocycles. The fourth-order valence-corrected chi connectivity index (χ4v) is 1.43. The van der Waals surface area contributed by atoms with Crippen LogP contribution in [0.2, 0.25) is 0 Å². The molecular weight excluding hydrogens is 206 g/mol. The van der Waals surface area contributed by atoms with Crippen LogP contribution in [-0.4, -0.2) is 22.9 Å². The number of nitrogens with two attached hydrogens (primary N) is 1. The van der Waals surface area contributed by atoms with Crippen molar-refractivity contribution >= 4 is 12.2 Å². The van der Waals surface area contributed by atoms with Crippen molar-refractivity contribution < 1.29 is 9.53 Å². The molecular formula is C11H11N3O2. The molecule has 0 bridgehead atoms. The summed E-state index contributed by atoms with van der Waals surface area (Å²) in [6, 6.07) is 7.07. The van der Waals surface area contributed by atoms with Gasteiger partial charge < -0.3 is 10.5 Å². The number of hydrogen-bond donors (Lipinski definition) is 1. The quantitative estimate of drug-likeness (QED) is 0.786. The zero-order valence-electron chi connectivity index (χ0n) is 8.75. The van der Waals surface area contributed by atoms with Crippen LogP contribution in [0.3, 0.4) is 0 Å². The molecule has 0 saturated heterocycles. The van der Waals surface area contributed by atoms with E-state index >= 15 is 0 Å². The van der Waals surface area contributed by atoms with Crippen molar-refractivity contribution in [3.8, 4) is 11.6 Å². The smallest absolute Gasteiger partial charge is 0.233 e. The lowest BCUT2D eigenvalue weighted by Gasteiger charge is -2.03.